The molecule has 1 amide bonds. The summed E-state index contributed by atoms with van der Waals surface area (Å²) in [7, 11) is 0. The van der Waals surface area contributed by atoms with Crippen molar-refractivity contribution in [2.24, 2.45) is 0 Å². The number of para-hydroxylation sites is 1. The highest BCUT2D eigenvalue weighted by Gasteiger charge is 2.55. The van der Waals surface area contributed by atoms with Crippen molar-refractivity contribution in [1.29, 1.82) is 0 Å². The Morgan fingerprint density at radius 1 is 1.04 bits per heavy atom. The number of anilines is 1. The second-order valence-corrected chi connectivity index (χ2v) is 6.27. The molecule has 1 aliphatic heterocycles. The molecule has 1 atom stereocenters. The Bertz CT molecular complexity index is 936. The van der Waals surface area contributed by atoms with Crippen molar-refractivity contribution in [3.05, 3.63) is 66.1 Å². The number of aromatic nitrogens is 2. The number of carbonyl (C=O) groups excluding carboxylic acids is 1. The summed E-state index contributed by atoms with van der Waals surface area (Å²) >= 11 is 0. The van der Waals surface area contributed by atoms with Crippen molar-refractivity contribution in [3.63, 3.8) is 0 Å². The molecule has 4 rings (SSSR count). The summed E-state index contributed by atoms with van der Waals surface area (Å²) in [6, 6.07) is 16.2. The average molecular weight is 335 g/mol. The smallest absolute Gasteiger partial charge is 0.273 e. The van der Waals surface area contributed by atoms with Gasteiger partial charge in [0.15, 0.2) is 0 Å². The van der Waals surface area contributed by atoms with Crippen LogP contribution < -0.4 is 4.90 Å². The second kappa shape index (κ2) is 5.53. The van der Waals surface area contributed by atoms with Gasteiger partial charge in [-0.3, -0.25) is 4.79 Å². The van der Waals surface area contributed by atoms with Crippen LogP contribution in [0.25, 0.3) is 11.5 Å². The van der Waals surface area contributed by atoms with Crippen LogP contribution in [0.4, 0.5) is 5.69 Å². The van der Waals surface area contributed by atoms with Crippen molar-refractivity contribution < 1.29 is 14.3 Å². The van der Waals surface area contributed by atoms with Crippen LogP contribution in [-0.4, -0.2) is 27.3 Å². The molecular formula is C19H17N3O3. The fourth-order valence-electron chi connectivity index (χ4n) is 3.17. The van der Waals surface area contributed by atoms with Gasteiger partial charge in [0.05, 0.1) is 5.69 Å². The zero-order valence-corrected chi connectivity index (χ0v) is 13.9. The third-order valence-corrected chi connectivity index (χ3v) is 4.35. The molecule has 1 aromatic heterocycles. The number of rotatable bonds is 3. The fraction of sp³-hybridized carbons (Fsp3) is 0.211. The number of aliphatic hydroxyl groups is 1. The van der Waals surface area contributed by atoms with E-state index in [9.17, 15) is 9.90 Å². The van der Waals surface area contributed by atoms with Gasteiger partial charge in [0, 0.05) is 17.2 Å². The number of hydrogen-bond donors (Lipinski definition) is 1. The standard InChI is InChI=1S/C19H17N3O3/c1-12(2)22-15-11-7-6-10-14(15)19(24,18(22)23)17-21-20-16(25-17)13-8-4-3-5-9-13/h3-12,24H,1-2H3/t19-/m0/s1. The van der Waals surface area contributed by atoms with E-state index in [-0.39, 0.29) is 17.8 Å². The van der Waals surface area contributed by atoms with Crippen LogP contribution in [-0.2, 0) is 10.4 Å². The van der Waals surface area contributed by atoms with E-state index in [1.165, 1.54) is 0 Å². The minimum Gasteiger partial charge on any atom is -0.417 e. The van der Waals surface area contributed by atoms with Crippen LogP contribution in [0.15, 0.2) is 59.0 Å². The number of amides is 1. The molecule has 25 heavy (non-hydrogen) atoms. The summed E-state index contributed by atoms with van der Waals surface area (Å²) in [5.74, 6) is -0.337. The molecule has 2 heterocycles. The van der Waals surface area contributed by atoms with Gasteiger partial charge in [-0.25, -0.2) is 0 Å². The highest BCUT2D eigenvalue weighted by Crippen LogP contribution is 2.45. The van der Waals surface area contributed by atoms with Crippen LogP contribution in [0.1, 0.15) is 25.3 Å². The predicted octanol–water partition coefficient (Wildman–Crippen LogP) is 2.73. The van der Waals surface area contributed by atoms with E-state index in [0.717, 1.165) is 5.56 Å². The molecule has 0 fully saturated rings. The van der Waals surface area contributed by atoms with Crippen LogP contribution in [0.2, 0.25) is 0 Å². The molecule has 0 spiro atoms. The molecule has 6 nitrogen and oxygen atoms in total. The number of fused-ring (bicyclic) bond motifs is 1. The summed E-state index contributed by atoms with van der Waals surface area (Å²) in [4.78, 5) is 14.6. The highest BCUT2D eigenvalue weighted by molar-refractivity contribution is 6.08. The first-order chi connectivity index (χ1) is 12.0. The molecule has 3 aromatic rings. The van der Waals surface area contributed by atoms with E-state index in [1.807, 2.05) is 50.2 Å². The van der Waals surface area contributed by atoms with Gasteiger partial charge >= 0.3 is 0 Å². The quantitative estimate of drug-likeness (QED) is 0.796. The van der Waals surface area contributed by atoms with E-state index in [2.05, 4.69) is 10.2 Å². The lowest BCUT2D eigenvalue weighted by Crippen LogP contribution is -2.44. The maximum Gasteiger partial charge on any atom is 0.273 e. The summed E-state index contributed by atoms with van der Waals surface area (Å²) in [5.41, 5.74) is -0.133. The zero-order valence-electron chi connectivity index (χ0n) is 13.9. The minimum atomic E-state index is -1.97. The minimum absolute atomic E-state index is 0.112. The lowest BCUT2D eigenvalue weighted by atomic mass is 9.95. The van der Waals surface area contributed by atoms with Gasteiger partial charge in [0.1, 0.15) is 0 Å². The third kappa shape index (κ3) is 2.18. The molecule has 0 saturated carbocycles. The second-order valence-electron chi connectivity index (χ2n) is 6.27. The highest BCUT2D eigenvalue weighted by atomic mass is 16.4. The van der Waals surface area contributed by atoms with Crippen molar-refractivity contribution in [1.82, 2.24) is 10.2 Å². The Hall–Kier alpha value is -2.99. The molecule has 0 radical (unpaired) electrons. The van der Waals surface area contributed by atoms with E-state index < -0.39 is 11.5 Å². The van der Waals surface area contributed by atoms with Gasteiger partial charge in [-0.2, -0.15) is 0 Å². The van der Waals surface area contributed by atoms with Gasteiger partial charge < -0.3 is 14.4 Å². The molecule has 1 N–H and O–H groups in total. The molecule has 0 saturated heterocycles. The Morgan fingerprint density at radius 3 is 2.44 bits per heavy atom. The first-order valence-corrected chi connectivity index (χ1v) is 8.08. The van der Waals surface area contributed by atoms with Crippen LogP contribution in [0.5, 0.6) is 0 Å². The summed E-state index contributed by atoms with van der Waals surface area (Å²) in [6.07, 6.45) is 0. The maximum absolute atomic E-state index is 13.0. The number of carbonyl (C=O) groups is 1. The van der Waals surface area contributed by atoms with Crippen molar-refractivity contribution in [3.8, 4) is 11.5 Å². The molecule has 2 aromatic carbocycles. The van der Waals surface area contributed by atoms with Gasteiger partial charge in [-0.05, 0) is 32.0 Å². The fourth-order valence-corrected chi connectivity index (χ4v) is 3.17. The van der Waals surface area contributed by atoms with Crippen molar-refractivity contribution in [2.45, 2.75) is 25.5 Å². The van der Waals surface area contributed by atoms with Gasteiger partial charge in [-0.1, -0.05) is 36.4 Å². The predicted molar refractivity (Wildman–Crippen MR) is 91.8 cm³/mol. The van der Waals surface area contributed by atoms with E-state index in [0.29, 0.717) is 11.3 Å². The third-order valence-electron chi connectivity index (χ3n) is 4.35. The summed E-state index contributed by atoms with van der Waals surface area (Å²) < 4.78 is 5.69. The Labute approximate surface area is 144 Å². The number of benzene rings is 2. The van der Waals surface area contributed by atoms with Gasteiger partial charge in [-0.15, -0.1) is 10.2 Å². The SMILES string of the molecule is CC(C)N1C(=O)[C@@](O)(c2nnc(-c3ccccc3)o2)c2ccccc21. The summed E-state index contributed by atoms with van der Waals surface area (Å²) in [5, 5.41) is 19.3. The summed E-state index contributed by atoms with van der Waals surface area (Å²) in [6.45, 7) is 3.78. The van der Waals surface area contributed by atoms with E-state index in [4.69, 9.17) is 4.42 Å². The van der Waals surface area contributed by atoms with E-state index in [1.54, 1.807) is 23.1 Å². The molecule has 126 valence electrons. The van der Waals surface area contributed by atoms with Crippen LogP contribution in [0, 0.1) is 0 Å². The first kappa shape index (κ1) is 15.5. The normalized spacial score (nSPS) is 19.5. The Balaban J connectivity index is 1.85. The van der Waals surface area contributed by atoms with Gasteiger partial charge in [0.2, 0.25) is 11.5 Å². The van der Waals surface area contributed by atoms with Crippen molar-refractivity contribution in [2.75, 3.05) is 4.90 Å². The topological polar surface area (TPSA) is 79.5 Å². The van der Waals surface area contributed by atoms with Gasteiger partial charge in [0.25, 0.3) is 11.8 Å². The average Bonchev–Trinajstić information content (AvgIpc) is 3.20. The maximum atomic E-state index is 13.0. The molecular weight excluding hydrogens is 318 g/mol. The Morgan fingerprint density at radius 2 is 1.72 bits per heavy atom. The largest absolute Gasteiger partial charge is 0.417 e. The van der Waals surface area contributed by atoms with Crippen molar-refractivity contribution >= 4 is 11.6 Å². The Kier molecular flexibility index (Phi) is 3.43. The number of hydrogen-bond acceptors (Lipinski definition) is 5. The molecule has 1 aliphatic rings. The molecule has 0 unspecified atom stereocenters. The lowest BCUT2D eigenvalue weighted by molar-refractivity contribution is -0.134. The molecule has 0 bridgehead atoms. The lowest BCUT2D eigenvalue weighted by Gasteiger charge is -2.23. The number of nitrogens with zero attached hydrogens (tertiary/aromatic N) is 3. The van der Waals surface area contributed by atoms with Crippen LogP contribution >= 0.6 is 0 Å². The van der Waals surface area contributed by atoms with E-state index >= 15 is 0 Å². The zero-order chi connectivity index (χ0) is 17.6. The van der Waals surface area contributed by atoms with Crippen LogP contribution in [0.3, 0.4) is 0 Å². The molecule has 6 heteroatoms. The molecule has 0 aliphatic carbocycles. The monoisotopic (exact) mass is 335 g/mol. The first-order valence-electron chi connectivity index (χ1n) is 8.08.